The van der Waals surface area contributed by atoms with Gasteiger partial charge in [0.1, 0.15) is 11.5 Å². The largest absolute Gasteiger partial charge is 0.497 e. The lowest BCUT2D eigenvalue weighted by Crippen LogP contribution is -2.15. The molecule has 32 heavy (non-hydrogen) atoms. The van der Waals surface area contributed by atoms with E-state index in [1.54, 1.807) is 31.4 Å². The Balaban J connectivity index is 1.63. The normalized spacial score (nSPS) is 11.6. The lowest BCUT2D eigenvalue weighted by atomic mass is 10.1. The summed E-state index contributed by atoms with van der Waals surface area (Å²) in [5, 5.41) is 12.0. The molecule has 1 N–H and O–H groups in total. The van der Waals surface area contributed by atoms with E-state index in [2.05, 4.69) is 15.5 Å². The number of hydrogen-bond donors (Lipinski definition) is 1. The van der Waals surface area contributed by atoms with E-state index in [1.165, 1.54) is 18.7 Å². The van der Waals surface area contributed by atoms with E-state index in [1.807, 2.05) is 42.7 Å². The van der Waals surface area contributed by atoms with Gasteiger partial charge in [0.2, 0.25) is 5.91 Å². The van der Waals surface area contributed by atoms with Gasteiger partial charge in [-0.15, -0.1) is 10.2 Å². The first-order valence-electron chi connectivity index (χ1n) is 10.2. The Kier molecular flexibility index (Phi) is 7.88. The van der Waals surface area contributed by atoms with Crippen molar-refractivity contribution in [3.8, 4) is 11.5 Å². The van der Waals surface area contributed by atoms with Crippen molar-refractivity contribution in [2.75, 3.05) is 18.2 Å². The molecule has 9 heteroatoms. The van der Waals surface area contributed by atoms with E-state index < -0.39 is 0 Å². The number of rotatable bonds is 10. The standard InChI is InChI=1S/C23H26N4O4S/c1-5-27-22(16(3)31-20-11-7-10-19(13-20)30-4)25-26-23(27)32-14-21(29)24-18-9-6-8-17(12-18)15(2)28/h6-13,16H,5,14H2,1-4H3,(H,24,29). The lowest BCUT2D eigenvalue weighted by Gasteiger charge is -2.16. The second kappa shape index (κ2) is 10.8. The molecule has 1 aromatic heterocycles. The van der Waals surface area contributed by atoms with Gasteiger partial charge in [-0.05, 0) is 45.0 Å². The number of methoxy groups -OCH3 is 1. The summed E-state index contributed by atoms with van der Waals surface area (Å²) in [7, 11) is 1.61. The molecule has 0 bridgehead atoms. The second-order valence-corrected chi connectivity index (χ2v) is 7.94. The molecular formula is C23H26N4O4S. The molecule has 1 heterocycles. The minimum absolute atomic E-state index is 0.0515. The molecule has 1 atom stereocenters. The number of ether oxygens (including phenoxy) is 2. The monoisotopic (exact) mass is 454 g/mol. The van der Waals surface area contributed by atoms with Crippen LogP contribution >= 0.6 is 11.8 Å². The van der Waals surface area contributed by atoms with Crippen LogP contribution in [0.15, 0.2) is 53.7 Å². The molecule has 3 rings (SSSR count). The summed E-state index contributed by atoms with van der Waals surface area (Å²) >= 11 is 1.29. The van der Waals surface area contributed by atoms with E-state index >= 15 is 0 Å². The molecule has 0 saturated carbocycles. The number of Topliss-reactive ketones (excluding diaryl/α,β-unsaturated/α-hetero) is 1. The van der Waals surface area contributed by atoms with Crippen molar-refractivity contribution in [3.05, 3.63) is 59.9 Å². The smallest absolute Gasteiger partial charge is 0.234 e. The van der Waals surface area contributed by atoms with Crippen molar-refractivity contribution < 1.29 is 19.1 Å². The summed E-state index contributed by atoms with van der Waals surface area (Å²) in [5.41, 5.74) is 1.14. The fourth-order valence-electron chi connectivity index (χ4n) is 3.08. The van der Waals surface area contributed by atoms with Gasteiger partial charge < -0.3 is 19.4 Å². The highest BCUT2D eigenvalue weighted by atomic mass is 32.2. The fraction of sp³-hybridized carbons (Fsp3) is 0.304. The number of anilines is 1. The van der Waals surface area contributed by atoms with E-state index in [-0.39, 0.29) is 23.5 Å². The highest BCUT2D eigenvalue weighted by molar-refractivity contribution is 7.99. The summed E-state index contributed by atoms with van der Waals surface area (Å²) in [6.07, 6.45) is -0.341. The summed E-state index contributed by atoms with van der Waals surface area (Å²) < 4.78 is 13.2. The van der Waals surface area contributed by atoms with Crippen LogP contribution in [0.1, 0.15) is 43.1 Å². The van der Waals surface area contributed by atoms with Gasteiger partial charge >= 0.3 is 0 Å². The quantitative estimate of drug-likeness (QED) is 0.359. The van der Waals surface area contributed by atoms with Crippen LogP contribution in [0.3, 0.4) is 0 Å². The van der Waals surface area contributed by atoms with E-state index in [0.29, 0.717) is 40.3 Å². The Morgan fingerprint density at radius 2 is 1.88 bits per heavy atom. The lowest BCUT2D eigenvalue weighted by molar-refractivity contribution is -0.113. The number of amides is 1. The van der Waals surface area contributed by atoms with Crippen LogP contribution in [0.4, 0.5) is 5.69 Å². The molecule has 1 amide bonds. The van der Waals surface area contributed by atoms with Gasteiger partial charge in [0.25, 0.3) is 0 Å². The molecule has 8 nitrogen and oxygen atoms in total. The second-order valence-electron chi connectivity index (χ2n) is 7.00. The third-order valence-electron chi connectivity index (χ3n) is 4.66. The summed E-state index contributed by atoms with van der Waals surface area (Å²) in [6.45, 7) is 6.02. The van der Waals surface area contributed by atoms with Gasteiger partial charge in [-0.2, -0.15) is 0 Å². The van der Waals surface area contributed by atoms with E-state index in [4.69, 9.17) is 9.47 Å². The summed E-state index contributed by atoms with van der Waals surface area (Å²) in [5.74, 6) is 1.97. The van der Waals surface area contributed by atoms with E-state index in [0.717, 1.165) is 0 Å². The Hall–Kier alpha value is -3.33. The van der Waals surface area contributed by atoms with Crippen LogP contribution in [0.25, 0.3) is 0 Å². The van der Waals surface area contributed by atoms with Crippen molar-refractivity contribution in [2.24, 2.45) is 0 Å². The first-order chi connectivity index (χ1) is 15.4. The molecule has 0 fully saturated rings. The molecule has 1 unspecified atom stereocenters. The maximum Gasteiger partial charge on any atom is 0.234 e. The Labute approximate surface area is 191 Å². The predicted octanol–water partition coefficient (Wildman–Crippen LogP) is 4.38. The van der Waals surface area contributed by atoms with Crippen LogP contribution < -0.4 is 14.8 Å². The number of thioether (sulfide) groups is 1. The van der Waals surface area contributed by atoms with Crippen LogP contribution in [0, 0.1) is 0 Å². The number of hydrogen-bond acceptors (Lipinski definition) is 7. The number of benzene rings is 2. The Bertz CT molecular complexity index is 1100. The third-order valence-corrected chi connectivity index (χ3v) is 5.63. The zero-order valence-electron chi connectivity index (χ0n) is 18.5. The maximum absolute atomic E-state index is 12.4. The molecule has 0 radical (unpaired) electrons. The number of aromatic nitrogens is 3. The van der Waals surface area contributed by atoms with Gasteiger partial charge in [-0.25, -0.2) is 0 Å². The zero-order chi connectivity index (χ0) is 23.1. The topological polar surface area (TPSA) is 95.3 Å². The highest BCUT2D eigenvalue weighted by Crippen LogP contribution is 2.27. The number of ketones is 1. The van der Waals surface area contributed by atoms with Gasteiger partial charge in [0, 0.05) is 23.9 Å². The molecule has 0 aliphatic carbocycles. The minimum atomic E-state index is -0.341. The van der Waals surface area contributed by atoms with Gasteiger partial charge in [0.05, 0.1) is 12.9 Å². The first kappa shape index (κ1) is 23.3. The Morgan fingerprint density at radius 3 is 2.59 bits per heavy atom. The number of carbonyl (C=O) groups excluding carboxylic acids is 2. The average Bonchev–Trinajstić information content (AvgIpc) is 3.21. The van der Waals surface area contributed by atoms with Gasteiger partial charge in [-0.3, -0.25) is 9.59 Å². The van der Waals surface area contributed by atoms with Gasteiger partial charge in [-0.1, -0.05) is 30.0 Å². The molecule has 0 aliphatic rings. The molecule has 168 valence electrons. The van der Waals surface area contributed by atoms with Crippen molar-refractivity contribution in [3.63, 3.8) is 0 Å². The van der Waals surface area contributed by atoms with Crippen LogP contribution in [-0.4, -0.2) is 39.3 Å². The summed E-state index contributed by atoms with van der Waals surface area (Å²) in [4.78, 5) is 23.9. The van der Waals surface area contributed by atoms with Crippen LogP contribution in [-0.2, 0) is 11.3 Å². The average molecular weight is 455 g/mol. The fourth-order valence-corrected chi connectivity index (χ4v) is 3.89. The van der Waals surface area contributed by atoms with Crippen molar-refractivity contribution in [2.45, 2.75) is 38.6 Å². The molecule has 3 aromatic rings. The third kappa shape index (κ3) is 5.88. The summed E-state index contributed by atoms with van der Waals surface area (Å²) in [6, 6.07) is 14.2. The minimum Gasteiger partial charge on any atom is -0.497 e. The first-order valence-corrected chi connectivity index (χ1v) is 11.2. The predicted molar refractivity (Wildman–Crippen MR) is 124 cm³/mol. The Morgan fingerprint density at radius 1 is 1.12 bits per heavy atom. The van der Waals surface area contributed by atoms with Crippen molar-refractivity contribution >= 4 is 29.1 Å². The van der Waals surface area contributed by atoms with Crippen molar-refractivity contribution in [1.82, 2.24) is 14.8 Å². The molecule has 0 aliphatic heterocycles. The van der Waals surface area contributed by atoms with Crippen LogP contribution in [0.5, 0.6) is 11.5 Å². The molecule has 2 aromatic carbocycles. The molecule has 0 saturated heterocycles. The number of nitrogens with zero attached hydrogens (tertiary/aromatic N) is 3. The number of carbonyl (C=O) groups is 2. The van der Waals surface area contributed by atoms with Crippen LogP contribution in [0.2, 0.25) is 0 Å². The number of nitrogens with one attached hydrogen (secondary N) is 1. The van der Waals surface area contributed by atoms with Gasteiger partial charge in [0.15, 0.2) is 22.9 Å². The highest BCUT2D eigenvalue weighted by Gasteiger charge is 2.19. The molecular weight excluding hydrogens is 428 g/mol. The molecule has 0 spiro atoms. The van der Waals surface area contributed by atoms with Crippen molar-refractivity contribution in [1.29, 1.82) is 0 Å². The van der Waals surface area contributed by atoms with E-state index in [9.17, 15) is 9.59 Å². The zero-order valence-corrected chi connectivity index (χ0v) is 19.3. The maximum atomic E-state index is 12.4. The SMILES string of the molecule is CCn1c(SCC(=O)Nc2cccc(C(C)=O)c2)nnc1C(C)Oc1cccc(OC)c1.